The Bertz CT molecular complexity index is 489. The van der Waals surface area contributed by atoms with Crippen molar-refractivity contribution in [3.8, 4) is 0 Å². The van der Waals surface area contributed by atoms with Crippen molar-refractivity contribution >= 4 is 23.4 Å². The lowest BCUT2D eigenvalue weighted by Gasteiger charge is -2.17. The number of anilines is 1. The summed E-state index contributed by atoms with van der Waals surface area (Å²) in [5.74, 6) is -7.36. The fourth-order valence-electron chi connectivity index (χ4n) is 1.09. The van der Waals surface area contributed by atoms with E-state index in [1.165, 1.54) is 11.4 Å². The van der Waals surface area contributed by atoms with Crippen LogP contribution in [0.15, 0.2) is 29.2 Å². The highest BCUT2D eigenvalue weighted by Crippen LogP contribution is 2.40. The number of thioether (sulfide) groups is 1. The molecule has 0 aromatic heterocycles. The second-order valence-electron chi connectivity index (χ2n) is 3.42. The zero-order valence-electron chi connectivity index (χ0n) is 9.35. The van der Waals surface area contributed by atoms with Crippen LogP contribution in [-0.4, -0.2) is 23.8 Å². The van der Waals surface area contributed by atoms with Gasteiger partial charge in [0.1, 0.15) is 0 Å². The van der Waals surface area contributed by atoms with Gasteiger partial charge in [0.25, 0.3) is 0 Å². The minimum absolute atomic E-state index is 0.585. The number of rotatable bonds is 4. The predicted octanol–water partition coefficient (Wildman–Crippen LogP) is 4.14. The molecule has 2 nitrogen and oxygen atoms in total. The van der Waals surface area contributed by atoms with Crippen LogP contribution in [0.3, 0.4) is 0 Å². The number of carbonyl (C=O) groups is 1. The maximum Gasteiger partial charge on any atom is 0.446 e. The first-order chi connectivity index (χ1) is 9.04. The van der Waals surface area contributed by atoms with Gasteiger partial charge in [-0.15, -0.1) is 0 Å². The summed E-state index contributed by atoms with van der Waals surface area (Å²) in [6, 6.07) is 4.15. The summed E-state index contributed by atoms with van der Waals surface area (Å²) in [6.45, 7) is 0. The van der Waals surface area contributed by atoms with Gasteiger partial charge in [-0.1, -0.05) is 12.1 Å². The standard InChI is InChI=1S/C10H6F7NOS/c11-7(12)9(13,14)8(19)18-5-3-1-2-4-6(5)20-10(15,16)17/h1-4,7H,(H,18,19). The third kappa shape index (κ3) is 4.29. The van der Waals surface area contributed by atoms with Crippen molar-refractivity contribution in [2.45, 2.75) is 22.8 Å². The number of para-hydroxylation sites is 1. The van der Waals surface area contributed by atoms with Crippen LogP contribution in [-0.2, 0) is 4.79 Å². The van der Waals surface area contributed by atoms with Crippen molar-refractivity contribution in [3.05, 3.63) is 24.3 Å². The van der Waals surface area contributed by atoms with Crippen LogP contribution in [0.2, 0.25) is 0 Å². The summed E-state index contributed by atoms with van der Waals surface area (Å²) in [5, 5.41) is 1.36. The molecular weight excluding hydrogens is 315 g/mol. The molecule has 112 valence electrons. The van der Waals surface area contributed by atoms with Crippen molar-refractivity contribution in [2.24, 2.45) is 0 Å². The molecule has 0 fully saturated rings. The first-order valence-corrected chi connectivity index (χ1v) is 5.68. The molecule has 0 spiro atoms. The Kier molecular flexibility index (Phi) is 4.90. The monoisotopic (exact) mass is 321 g/mol. The molecule has 10 heteroatoms. The molecule has 0 atom stereocenters. The van der Waals surface area contributed by atoms with Gasteiger partial charge in [-0.3, -0.25) is 4.79 Å². The first-order valence-electron chi connectivity index (χ1n) is 4.86. The summed E-state index contributed by atoms with van der Waals surface area (Å²) in [5.41, 5.74) is -5.34. The molecular formula is C10H6F7NOS. The molecule has 0 aliphatic carbocycles. The van der Waals surface area contributed by atoms with Crippen molar-refractivity contribution in [1.29, 1.82) is 0 Å². The van der Waals surface area contributed by atoms with Crippen LogP contribution >= 0.6 is 11.8 Å². The highest BCUT2D eigenvalue weighted by molar-refractivity contribution is 8.00. The quantitative estimate of drug-likeness (QED) is 0.667. The summed E-state index contributed by atoms with van der Waals surface area (Å²) in [7, 11) is 0. The van der Waals surface area contributed by atoms with E-state index in [0.29, 0.717) is 0 Å². The normalized spacial score (nSPS) is 12.6. The third-order valence-electron chi connectivity index (χ3n) is 1.94. The molecule has 20 heavy (non-hydrogen) atoms. The minimum Gasteiger partial charge on any atom is -0.320 e. The molecule has 1 rings (SSSR count). The van der Waals surface area contributed by atoms with E-state index in [2.05, 4.69) is 0 Å². The Labute approximate surface area is 112 Å². The molecule has 0 unspecified atom stereocenters. The molecule has 1 N–H and O–H groups in total. The van der Waals surface area contributed by atoms with E-state index >= 15 is 0 Å². The van der Waals surface area contributed by atoms with Gasteiger partial charge in [-0.2, -0.15) is 22.0 Å². The maximum atomic E-state index is 12.7. The van der Waals surface area contributed by atoms with Crippen molar-refractivity contribution in [1.82, 2.24) is 0 Å². The Balaban J connectivity index is 2.96. The molecule has 0 heterocycles. The molecule has 0 aliphatic heterocycles. The summed E-state index contributed by atoms with van der Waals surface area (Å²) >= 11 is -0.659. The molecule has 1 aromatic rings. The van der Waals surface area contributed by atoms with Crippen molar-refractivity contribution in [3.63, 3.8) is 0 Å². The van der Waals surface area contributed by atoms with Crippen LogP contribution in [0, 0.1) is 0 Å². The van der Waals surface area contributed by atoms with Gasteiger partial charge in [0.2, 0.25) is 0 Å². The molecule has 0 bridgehead atoms. The van der Waals surface area contributed by atoms with E-state index in [4.69, 9.17) is 0 Å². The number of hydrogen-bond acceptors (Lipinski definition) is 2. The molecule has 0 saturated heterocycles. The Morgan fingerprint density at radius 2 is 1.65 bits per heavy atom. The van der Waals surface area contributed by atoms with E-state index in [9.17, 15) is 35.5 Å². The van der Waals surface area contributed by atoms with Crippen LogP contribution in [0.1, 0.15) is 0 Å². The third-order valence-corrected chi connectivity index (χ3v) is 2.75. The largest absolute Gasteiger partial charge is 0.446 e. The number of nitrogens with one attached hydrogen (secondary N) is 1. The van der Waals surface area contributed by atoms with Gasteiger partial charge >= 0.3 is 23.8 Å². The summed E-state index contributed by atoms with van der Waals surface area (Å²) in [6.07, 6.45) is -4.26. The van der Waals surface area contributed by atoms with Gasteiger partial charge in [-0.25, -0.2) is 8.78 Å². The molecule has 0 aliphatic rings. The molecule has 1 aromatic carbocycles. The van der Waals surface area contributed by atoms with Gasteiger partial charge in [0.05, 0.1) is 5.69 Å². The predicted molar refractivity (Wildman–Crippen MR) is 57.9 cm³/mol. The second-order valence-corrected chi connectivity index (χ2v) is 4.53. The average Bonchev–Trinajstić information content (AvgIpc) is 2.29. The zero-order valence-corrected chi connectivity index (χ0v) is 10.2. The van der Waals surface area contributed by atoms with Crippen molar-refractivity contribution in [2.75, 3.05) is 5.32 Å². The number of amides is 1. The second kappa shape index (κ2) is 5.90. The molecule has 0 radical (unpaired) electrons. The van der Waals surface area contributed by atoms with E-state index in [0.717, 1.165) is 18.2 Å². The number of alkyl halides is 7. The first kappa shape index (κ1) is 16.6. The van der Waals surface area contributed by atoms with E-state index < -0.39 is 46.1 Å². The summed E-state index contributed by atoms with van der Waals surface area (Å²) < 4.78 is 85.9. The molecule has 1 amide bonds. The van der Waals surface area contributed by atoms with Crippen LogP contribution in [0.5, 0.6) is 0 Å². The van der Waals surface area contributed by atoms with Gasteiger partial charge < -0.3 is 5.32 Å². The fraction of sp³-hybridized carbons (Fsp3) is 0.300. The number of carbonyl (C=O) groups excluding carboxylic acids is 1. The minimum atomic E-state index is -4.99. The topological polar surface area (TPSA) is 29.1 Å². The smallest absolute Gasteiger partial charge is 0.320 e. The number of hydrogen-bond donors (Lipinski definition) is 1. The van der Waals surface area contributed by atoms with Gasteiger partial charge in [0.15, 0.2) is 0 Å². The highest BCUT2D eigenvalue weighted by atomic mass is 32.2. The number of halogens is 7. The lowest BCUT2D eigenvalue weighted by Crippen LogP contribution is -2.41. The Morgan fingerprint density at radius 1 is 1.10 bits per heavy atom. The fourth-order valence-corrected chi connectivity index (χ4v) is 1.71. The van der Waals surface area contributed by atoms with Gasteiger partial charge in [-0.05, 0) is 23.9 Å². The Morgan fingerprint density at radius 3 is 2.15 bits per heavy atom. The van der Waals surface area contributed by atoms with E-state index in [-0.39, 0.29) is 0 Å². The Hall–Kier alpha value is -1.45. The zero-order chi connectivity index (χ0) is 15.6. The lowest BCUT2D eigenvalue weighted by molar-refractivity contribution is -0.163. The SMILES string of the molecule is O=C(Nc1ccccc1SC(F)(F)F)C(F)(F)C(F)F. The van der Waals surface area contributed by atoms with Crippen LogP contribution in [0.4, 0.5) is 36.4 Å². The maximum absolute atomic E-state index is 12.7. The lowest BCUT2D eigenvalue weighted by atomic mass is 10.2. The average molecular weight is 321 g/mol. The van der Waals surface area contributed by atoms with Crippen molar-refractivity contribution < 1.29 is 35.5 Å². The van der Waals surface area contributed by atoms with E-state index in [1.807, 2.05) is 0 Å². The van der Waals surface area contributed by atoms with Crippen LogP contribution < -0.4 is 5.32 Å². The highest BCUT2D eigenvalue weighted by Gasteiger charge is 2.49. The number of benzene rings is 1. The summed E-state index contributed by atoms with van der Waals surface area (Å²) in [4.78, 5) is 10.4. The van der Waals surface area contributed by atoms with E-state index in [1.54, 1.807) is 0 Å². The molecule has 0 saturated carbocycles. The van der Waals surface area contributed by atoms with Gasteiger partial charge in [0, 0.05) is 4.90 Å². The van der Waals surface area contributed by atoms with Crippen LogP contribution in [0.25, 0.3) is 0 Å².